The Labute approximate surface area is 148 Å². The van der Waals surface area contributed by atoms with Crippen LogP contribution in [0.4, 0.5) is 5.69 Å². The summed E-state index contributed by atoms with van der Waals surface area (Å²) in [6.07, 6.45) is 1.78. The highest BCUT2D eigenvalue weighted by Crippen LogP contribution is 2.34. The highest BCUT2D eigenvalue weighted by atomic mass is 16.5. The van der Waals surface area contributed by atoms with Gasteiger partial charge in [-0.15, -0.1) is 0 Å². The third-order valence-corrected chi connectivity index (χ3v) is 4.39. The zero-order valence-electron chi connectivity index (χ0n) is 14.7. The number of hydrogen-bond acceptors (Lipinski definition) is 4. The summed E-state index contributed by atoms with van der Waals surface area (Å²) in [6, 6.07) is 15.7. The average molecular weight is 337 g/mol. The molecule has 1 unspecified atom stereocenters. The Morgan fingerprint density at radius 1 is 1.08 bits per heavy atom. The van der Waals surface area contributed by atoms with Crippen LogP contribution in [0.1, 0.15) is 37.7 Å². The predicted molar refractivity (Wildman–Crippen MR) is 99.3 cm³/mol. The smallest absolute Gasteiger partial charge is 0.144 e. The number of nitrogens with zero attached hydrogens (tertiary/aromatic N) is 1. The molecule has 2 aromatic carbocycles. The van der Waals surface area contributed by atoms with Gasteiger partial charge in [-0.1, -0.05) is 24.3 Å². The van der Waals surface area contributed by atoms with Gasteiger partial charge >= 0.3 is 0 Å². The number of benzene rings is 2. The molecular formula is C21H23NO3. The minimum absolute atomic E-state index is 0.171. The zero-order valence-corrected chi connectivity index (χ0v) is 14.7. The quantitative estimate of drug-likeness (QED) is 0.794. The maximum Gasteiger partial charge on any atom is 0.144 e. The van der Waals surface area contributed by atoms with Crippen molar-refractivity contribution < 1.29 is 14.3 Å². The number of para-hydroxylation sites is 2. The van der Waals surface area contributed by atoms with Gasteiger partial charge in [0.2, 0.25) is 0 Å². The number of ether oxygens (including phenoxy) is 2. The molecular weight excluding hydrogens is 314 g/mol. The molecule has 0 amide bonds. The molecule has 0 radical (unpaired) electrons. The van der Waals surface area contributed by atoms with E-state index < -0.39 is 0 Å². The normalized spacial score (nSPS) is 19.0. The van der Waals surface area contributed by atoms with Gasteiger partial charge in [-0.05, 0) is 49.1 Å². The second-order valence-corrected chi connectivity index (χ2v) is 6.17. The molecule has 2 aromatic rings. The number of hydrogen-bond donors (Lipinski definition) is 0. The number of carbonyl (C=O) groups excluding carboxylic acids is 1. The lowest BCUT2D eigenvalue weighted by atomic mass is 9.82. The van der Waals surface area contributed by atoms with Gasteiger partial charge in [-0.2, -0.15) is 0 Å². The van der Waals surface area contributed by atoms with Crippen LogP contribution >= 0.6 is 0 Å². The number of carbonyl (C=O) groups is 1. The molecule has 0 aromatic heterocycles. The summed E-state index contributed by atoms with van der Waals surface area (Å²) in [5.41, 5.74) is 2.87. The van der Waals surface area contributed by atoms with Crippen LogP contribution in [-0.4, -0.2) is 25.2 Å². The first kappa shape index (κ1) is 17.2. The Balaban J connectivity index is 1.84. The Hall–Kier alpha value is -2.62. The molecule has 0 bridgehead atoms. The molecule has 3 rings (SSSR count). The van der Waals surface area contributed by atoms with Gasteiger partial charge in [-0.3, -0.25) is 9.79 Å². The maximum atomic E-state index is 12.2. The molecule has 1 aliphatic carbocycles. The first-order valence-corrected chi connectivity index (χ1v) is 8.63. The Morgan fingerprint density at radius 3 is 2.56 bits per heavy atom. The SMILES string of the molecule is CCOc1ccccc1N=C1CC(=O)CC(c2ccc(OC)cc2)C1. The van der Waals surface area contributed by atoms with Crippen LogP contribution in [0.25, 0.3) is 0 Å². The first-order valence-electron chi connectivity index (χ1n) is 8.63. The molecule has 1 saturated carbocycles. The minimum atomic E-state index is 0.171. The van der Waals surface area contributed by atoms with E-state index in [0.29, 0.717) is 19.4 Å². The highest BCUT2D eigenvalue weighted by molar-refractivity contribution is 6.06. The van der Waals surface area contributed by atoms with Crippen molar-refractivity contribution in [3.8, 4) is 11.5 Å². The minimum Gasteiger partial charge on any atom is -0.497 e. The molecule has 25 heavy (non-hydrogen) atoms. The summed E-state index contributed by atoms with van der Waals surface area (Å²) in [4.78, 5) is 17.0. The molecule has 0 N–H and O–H groups in total. The van der Waals surface area contributed by atoms with Crippen molar-refractivity contribution in [2.24, 2.45) is 4.99 Å². The van der Waals surface area contributed by atoms with E-state index in [-0.39, 0.29) is 11.7 Å². The third kappa shape index (κ3) is 4.27. The molecule has 0 heterocycles. The number of Topliss-reactive ketones (excluding diaryl/α,β-unsaturated/α-hetero) is 1. The Morgan fingerprint density at radius 2 is 1.84 bits per heavy atom. The van der Waals surface area contributed by atoms with Crippen LogP contribution in [-0.2, 0) is 4.79 Å². The molecule has 1 aliphatic rings. The summed E-state index contributed by atoms with van der Waals surface area (Å²) in [5.74, 6) is 1.99. The van der Waals surface area contributed by atoms with Crippen LogP contribution < -0.4 is 9.47 Å². The van der Waals surface area contributed by atoms with Crippen molar-refractivity contribution >= 4 is 17.2 Å². The zero-order chi connectivity index (χ0) is 17.6. The molecule has 1 atom stereocenters. The Bertz CT molecular complexity index is 765. The van der Waals surface area contributed by atoms with Crippen LogP contribution in [0.5, 0.6) is 11.5 Å². The summed E-state index contributed by atoms with van der Waals surface area (Å²) >= 11 is 0. The highest BCUT2D eigenvalue weighted by Gasteiger charge is 2.25. The number of aliphatic imine (C=N–C) groups is 1. The molecule has 0 spiro atoms. The summed E-state index contributed by atoms with van der Waals surface area (Å²) in [5, 5.41) is 0. The average Bonchev–Trinajstić information content (AvgIpc) is 2.63. The van der Waals surface area contributed by atoms with Gasteiger partial charge in [-0.25, -0.2) is 0 Å². The second kappa shape index (κ2) is 7.97. The van der Waals surface area contributed by atoms with Crippen LogP contribution in [0.2, 0.25) is 0 Å². The maximum absolute atomic E-state index is 12.2. The molecule has 4 nitrogen and oxygen atoms in total. The van der Waals surface area contributed by atoms with Gasteiger partial charge in [0.15, 0.2) is 0 Å². The van der Waals surface area contributed by atoms with Gasteiger partial charge in [0.1, 0.15) is 23.0 Å². The van der Waals surface area contributed by atoms with E-state index >= 15 is 0 Å². The summed E-state index contributed by atoms with van der Waals surface area (Å²) in [7, 11) is 1.65. The largest absolute Gasteiger partial charge is 0.497 e. The topological polar surface area (TPSA) is 47.9 Å². The van der Waals surface area contributed by atoms with E-state index in [1.807, 2.05) is 55.5 Å². The first-order chi connectivity index (χ1) is 12.2. The second-order valence-electron chi connectivity index (χ2n) is 6.17. The van der Waals surface area contributed by atoms with E-state index in [2.05, 4.69) is 0 Å². The van der Waals surface area contributed by atoms with Crippen molar-refractivity contribution in [3.63, 3.8) is 0 Å². The molecule has 4 heteroatoms. The number of rotatable bonds is 5. The van der Waals surface area contributed by atoms with E-state index in [4.69, 9.17) is 14.5 Å². The molecule has 0 saturated heterocycles. The van der Waals surface area contributed by atoms with Crippen LogP contribution in [0.3, 0.4) is 0 Å². The van der Waals surface area contributed by atoms with Crippen molar-refractivity contribution in [1.82, 2.24) is 0 Å². The predicted octanol–water partition coefficient (Wildman–Crippen LogP) is 4.70. The lowest BCUT2D eigenvalue weighted by Gasteiger charge is -2.23. The van der Waals surface area contributed by atoms with E-state index in [1.165, 1.54) is 0 Å². The third-order valence-electron chi connectivity index (χ3n) is 4.39. The summed E-state index contributed by atoms with van der Waals surface area (Å²) in [6.45, 7) is 2.54. The summed E-state index contributed by atoms with van der Waals surface area (Å²) < 4.78 is 10.8. The standard InChI is InChI=1S/C21H23NO3/c1-3-25-21-7-5-4-6-20(21)22-17-12-16(13-18(23)14-17)15-8-10-19(24-2)11-9-15/h4-11,16H,3,12-14H2,1-2H3. The van der Waals surface area contributed by atoms with Crippen molar-refractivity contribution in [1.29, 1.82) is 0 Å². The fourth-order valence-electron chi connectivity index (χ4n) is 3.20. The van der Waals surface area contributed by atoms with E-state index in [0.717, 1.165) is 34.9 Å². The lowest BCUT2D eigenvalue weighted by molar-refractivity contribution is -0.118. The van der Waals surface area contributed by atoms with Gasteiger partial charge in [0, 0.05) is 18.6 Å². The van der Waals surface area contributed by atoms with Crippen molar-refractivity contribution in [3.05, 3.63) is 54.1 Å². The van der Waals surface area contributed by atoms with Gasteiger partial charge < -0.3 is 9.47 Å². The van der Waals surface area contributed by atoms with Crippen molar-refractivity contribution in [2.75, 3.05) is 13.7 Å². The Kier molecular flexibility index (Phi) is 5.49. The lowest BCUT2D eigenvalue weighted by Crippen LogP contribution is -2.21. The fourth-order valence-corrected chi connectivity index (χ4v) is 3.20. The number of methoxy groups -OCH3 is 1. The monoisotopic (exact) mass is 337 g/mol. The van der Waals surface area contributed by atoms with Gasteiger partial charge in [0.25, 0.3) is 0 Å². The number of ketones is 1. The van der Waals surface area contributed by atoms with E-state index in [9.17, 15) is 4.79 Å². The van der Waals surface area contributed by atoms with Crippen molar-refractivity contribution in [2.45, 2.75) is 32.1 Å². The molecule has 130 valence electrons. The molecule has 0 aliphatic heterocycles. The van der Waals surface area contributed by atoms with Gasteiger partial charge in [0.05, 0.1) is 13.7 Å². The van der Waals surface area contributed by atoms with Crippen LogP contribution in [0.15, 0.2) is 53.5 Å². The van der Waals surface area contributed by atoms with Crippen LogP contribution in [0, 0.1) is 0 Å². The molecule has 1 fully saturated rings. The fraction of sp³-hybridized carbons (Fsp3) is 0.333. The van der Waals surface area contributed by atoms with E-state index in [1.54, 1.807) is 7.11 Å².